The van der Waals surface area contributed by atoms with Crippen LogP contribution < -0.4 is 16.2 Å². The van der Waals surface area contributed by atoms with Crippen molar-refractivity contribution in [3.05, 3.63) is 122 Å². The molecule has 4 heterocycles. The van der Waals surface area contributed by atoms with E-state index in [1.807, 2.05) is 30.3 Å². The summed E-state index contributed by atoms with van der Waals surface area (Å²) in [4.78, 5) is 49.0. The number of benzene rings is 2. The van der Waals surface area contributed by atoms with Gasteiger partial charge in [-0.3, -0.25) is 29.3 Å². The fourth-order valence-electron chi connectivity index (χ4n) is 6.18. The van der Waals surface area contributed by atoms with E-state index in [-0.39, 0.29) is 16.5 Å². The first-order chi connectivity index (χ1) is 24.3. The Labute approximate surface area is 304 Å². The van der Waals surface area contributed by atoms with Gasteiger partial charge in [-0.25, -0.2) is 0 Å². The average Bonchev–Trinajstić information content (AvgIpc) is 3.05. The van der Waals surface area contributed by atoms with Crippen LogP contribution in [0.3, 0.4) is 0 Å². The third-order valence-corrected chi connectivity index (χ3v) is 9.64. The second kappa shape index (κ2) is 14.9. The molecule has 0 saturated carbocycles. The molecule has 5 aromatic rings. The Morgan fingerprint density at radius 1 is 1.00 bits per heavy atom. The van der Waals surface area contributed by atoms with Crippen molar-refractivity contribution in [2.45, 2.75) is 39.0 Å². The Bertz CT molecular complexity index is 2190. The van der Waals surface area contributed by atoms with Crippen molar-refractivity contribution >= 4 is 51.7 Å². The van der Waals surface area contributed by atoms with Crippen LogP contribution in [0.25, 0.3) is 22.0 Å². The SMILES string of the molecule is Cn1cc(CNCC(C)(C)O)cc(C(=O)Nc2cccc(-c3cccc(Cc4nccc5cc(CN6CC(C(=O)O)C6)cnc45)c3Cl)c2Cl)c1=O. The first-order valence-electron chi connectivity index (χ1n) is 16.5. The Balaban J connectivity index is 1.21. The van der Waals surface area contributed by atoms with Crippen LogP contribution in [0.15, 0.2) is 78.0 Å². The number of amides is 1. The molecule has 0 bridgehead atoms. The van der Waals surface area contributed by atoms with Crippen LogP contribution in [-0.4, -0.2) is 66.8 Å². The summed E-state index contributed by atoms with van der Waals surface area (Å²) >= 11 is 13.9. The standard InChI is InChI=1S/C38H38Cl2N6O5/c1-38(2,51)21-41-15-23-13-29(36(48)45(3)17-23)35(47)44-30-9-5-8-28(33(30)40)27-7-4-6-24(32(27)39)14-31-34-25(10-11-42-31)12-22(16-43-34)18-46-19-26(20-46)37(49)50/h4-13,16-17,26,41,51H,14-15,18-21H2,1-3H3,(H,44,47)(H,49,50). The van der Waals surface area contributed by atoms with Crippen molar-refractivity contribution in [1.82, 2.24) is 24.8 Å². The number of likely N-dealkylation sites (tertiary alicyclic amines) is 1. The fourth-order valence-corrected chi connectivity index (χ4v) is 6.75. The van der Waals surface area contributed by atoms with Crippen molar-refractivity contribution in [3.63, 3.8) is 0 Å². The van der Waals surface area contributed by atoms with Gasteiger partial charge in [0.1, 0.15) is 5.56 Å². The molecule has 0 unspecified atom stereocenters. The van der Waals surface area contributed by atoms with Crippen molar-refractivity contribution in [2.75, 3.05) is 25.0 Å². The lowest BCUT2D eigenvalue weighted by Crippen LogP contribution is -2.49. The number of pyridine rings is 3. The Hall–Kier alpha value is -4.65. The molecule has 0 radical (unpaired) electrons. The number of aliphatic hydroxyl groups is 1. The van der Waals surface area contributed by atoms with Gasteiger partial charge < -0.3 is 25.4 Å². The number of anilines is 1. The van der Waals surface area contributed by atoms with Crippen LogP contribution in [0.5, 0.6) is 0 Å². The zero-order valence-electron chi connectivity index (χ0n) is 28.4. The first-order valence-corrected chi connectivity index (χ1v) is 17.2. The molecule has 1 aliphatic heterocycles. The predicted octanol–water partition coefficient (Wildman–Crippen LogP) is 5.52. The molecule has 0 aliphatic carbocycles. The lowest BCUT2D eigenvalue weighted by molar-refractivity contribution is -0.147. The summed E-state index contributed by atoms with van der Waals surface area (Å²) in [6, 6.07) is 16.4. The minimum Gasteiger partial charge on any atom is -0.481 e. The second-order valence-corrected chi connectivity index (χ2v) is 14.3. The van der Waals surface area contributed by atoms with E-state index in [2.05, 4.69) is 26.6 Å². The van der Waals surface area contributed by atoms with E-state index in [9.17, 15) is 24.6 Å². The number of hydrogen-bond donors (Lipinski definition) is 4. The monoisotopic (exact) mass is 728 g/mol. The van der Waals surface area contributed by atoms with E-state index < -0.39 is 23.0 Å². The van der Waals surface area contributed by atoms with Crippen LogP contribution in [0.4, 0.5) is 5.69 Å². The molecule has 3 aromatic heterocycles. The molecule has 1 aliphatic rings. The smallest absolute Gasteiger partial charge is 0.309 e. The summed E-state index contributed by atoms with van der Waals surface area (Å²) < 4.78 is 1.35. The summed E-state index contributed by atoms with van der Waals surface area (Å²) in [7, 11) is 1.58. The highest BCUT2D eigenvalue weighted by Crippen LogP contribution is 2.39. The molecule has 1 amide bonds. The number of carbonyl (C=O) groups excluding carboxylic acids is 1. The van der Waals surface area contributed by atoms with E-state index in [1.165, 1.54) is 10.6 Å². The summed E-state index contributed by atoms with van der Waals surface area (Å²) in [5.41, 5.74) is 4.18. The van der Waals surface area contributed by atoms with Gasteiger partial charge in [-0.2, -0.15) is 0 Å². The highest BCUT2D eigenvalue weighted by molar-refractivity contribution is 6.39. The molecule has 6 rings (SSSR count). The van der Waals surface area contributed by atoms with Crippen molar-refractivity contribution in [3.8, 4) is 11.1 Å². The van der Waals surface area contributed by atoms with Gasteiger partial charge in [0.2, 0.25) is 0 Å². The highest BCUT2D eigenvalue weighted by Gasteiger charge is 2.32. The topological polar surface area (TPSA) is 150 Å². The molecule has 2 aromatic carbocycles. The molecule has 1 saturated heterocycles. The lowest BCUT2D eigenvalue weighted by atomic mass is 9.98. The average molecular weight is 730 g/mol. The lowest BCUT2D eigenvalue weighted by Gasteiger charge is -2.36. The zero-order chi connectivity index (χ0) is 36.4. The molecule has 4 N–H and O–H groups in total. The highest BCUT2D eigenvalue weighted by atomic mass is 35.5. The molecule has 13 heteroatoms. The minimum absolute atomic E-state index is 0.0442. The molecular weight excluding hydrogens is 691 g/mol. The van der Waals surface area contributed by atoms with Crippen LogP contribution >= 0.6 is 23.2 Å². The van der Waals surface area contributed by atoms with Crippen LogP contribution in [0.2, 0.25) is 10.0 Å². The molecule has 0 atom stereocenters. The first kappa shape index (κ1) is 36.2. The van der Waals surface area contributed by atoms with Gasteiger partial charge >= 0.3 is 5.97 Å². The maximum Gasteiger partial charge on any atom is 0.309 e. The number of carboxylic acid groups (broad SMARTS) is 1. The molecule has 11 nitrogen and oxygen atoms in total. The van der Waals surface area contributed by atoms with Gasteiger partial charge in [0, 0.05) is 81.3 Å². The third kappa shape index (κ3) is 8.30. The number of carboxylic acids is 1. The number of aryl methyl sites for hydroxylation is 1. The van der Waals surface area contributed by atoms with Crippen molar-refractivity contribution in [1.29, 1.82) is 0 Å². The van der Waals surface area contributed by atoms with Gasteiger partial charge in [0.15, 0.2) is 0 Å². The van der Waals surface area contributed by atoms with E-state index in [0.717, 1.165) is 27.7 Å². The fraction of sp³-hybridized carbons (Fsp3) is 0.289. The second-order valence-electron chi connectivity index (χ2n) is 13.6. The molecule has 0 spiro atoms. The molecular formula is C38H38Cl2N6O5. The van der Waals surface area contributed by atoms with Crippen molar-refractivity contribution < 1.29 is 19.8 Å². The van der Waals surface area contributed by atoms with Crippen molar-refractivity contribution in [2.24, 2.45) is 13.0 Å². The van der Waals surface area contributed by atoms with E-state index in [0.29, 0.717) is 66.5 Å². The quantitative estimate of drug-likeness (QED) is 0.130. The van der Waals surface area contributed by atoms with Crippen LogP contribution in [0.1, 0.15) is 46.6 Å². The number of nitrogens with one attached hydrogen (secondary N) is 2. The van der Waals surface area contributed by atoms with Crippen LogP contribution in [0, 0.1) is 5.92 Å². The third-order valence-electron chi connectivity index (χ3n) is 8.79. The predicted molar refractivity (Wildman–Crippen MR) is 198 cm³/mol. The normalized spacial score (nSPS) is 13.7. The number of fused-ring (bicyclic) bond motifs is 1. The minimum atomic E-state index is -0.911. The Morgan fingerprint density at radius 3 is 2.45 bits per heavy atom. The van der Waals surface area contributed by atoms with Gasteiger partial charge in [-0.1, -0.05) is 53.5 Å². The number of aromatic nitrogens is 3. The Kier molecular flexibility index (Phi) is 10.6. The maximum absolute atomic E-state index is 13.4. The summed E-state index contributed by atoms with van der Waals surface area (Å²) in [5, 5.41) is 26.8. The van der Waals surface area contributed by atoms with Crippen LogP contribution in [-0.2, 0) is 31.4 Å². The number of nitrogens with zero attached hydrogens (tertiary/aromatic N) is 4. The summed E-state index contributed by atoms with van der Waals surface area (Å²) in [5.74, 6) is -1.68. The van der Waals surface area contributed by atoms with Gasteiger partial charge in [-0.05, 0) is 54.8 Å². The number of aliphatic carboxylic acids is 1. The van der Waals surface area contributed by atoms with Gasteiger partial charge in [0.05, 0.1) is 38.5 Å². The maximum atomic E-state index is 13.4. The van der Waals surface area contributed by atoms with Gasteiger partial charge in [0.25, 0.3) is 11.5 Å². The summed E-state index contributed by atoms with van der Waals surface area (Å²) in [6.45, 7) is 5.74. The number of rotatable bonds is 12. The van der Waals surface area contributed by atoms with E-state index in [4.69, 9.17) is 28.2 Å². The number of carbonyl (C=O) groups is 2. The van der Waals surface area contributed by atoms with Gasteiger partial charge in [-0.15, -0.1) is 0 Å². The molecule has 1 fully saturated rings. The molecule has 51 heavy (non-hydrogen) atoms. The number of halogens is 2. The van der Waals surface area contributed by atoms with E-state index in [1.54, 1.807) is 51.6 Å². The summed E-state index contributed by atoms with van der Waals surface area (Å²) in [6.07, 6.45) is 5.60. The largest absolute Gasteiger partial charge is 0.481 e. The Morgan fingerprint density at radius 2 is 1.73 bits per heavy atom. The molecule has 264 valence electrons. The van der Waals surface area contributed by atoms with E-state index >= 15 is 0 Å². The zero-order valence-corrected chi connectivity index (χ0v) is 29.9. The number of hydrogen-bond acceptors (Lipinski definition) is 8.